The molecule has 5 nitrogen and oxygen atoms in total. The van der Waals surface area contributed by atoms with Crippen LogP contribution in [0.3, 0.4) is 0 Å². The van der Waals surface area contributed by atoms with Gasteiger partial charge in [0, 0.05) is 11.6 Å². The van der Waals surface area contributed by atoms with Crippen LogP contribution < -0.4 is 0 Å². The number of likely N-dealkylation sites (tertiary alicyclic amines) is 1. The Morgan fingerprint density at radius 1 is 1.45 bits per heavy atom. The second kappa shape index (κ2) is 6.05. The molecule has 0 bridgehead atoms. The molecule has 2 rings (SSSR count). The minimum absolute atomic E-state index is 0.0425. The van der Waals surface area contributed by atoms with E-state index in [2.05, 4.69) is 4.74 Å². The lowest BCUT2D eigenvalue weighted by molar-refractivity contribution is -0.147. The lowest BCUT2D eigenvalue weighted by Crippen LogP contribution is -2.31. The zero-order valence-electron chi connectivity index (χ0n) is 11.0. The summed E-state index contributed by atoms with van der Waals surface area (Å²) in [6, 6.07) is 6.98. The third-order valence-corrected chi connectivity index (χ3v) is 3.46. The van der Waals surface area contributed by atoms with Crippen molar-refractivity contribution in [1.29, 1.82) is 0 Å². The highest BCUT2D eigenvalue weighted by atomic mass is 35.5. The van der Waals surface area contributed by atoms with Crippen molar-refractivity contribution in [2.45, 2.75) is 6.42 Å². The molecule has 20 heavy (non-hydrogen) atoms. The van der Waals surface area contributed by atoms with E-state index in [1.54, 1.807) is 24.3 Å². The molecular weight excluding hydrogens is 282 g/mol. The number of nitrogens with zero attached hydrogens (tertiary/aromatic N) is 1. The SMILES string of the molecule is COC(=O)C1CN(C(=O)Cc2cccc(Cl)c2)CC1=O. The molecule has 1 unspecified atom stereocenters. The minimum Gasteiger partial charge on any atom is -0.468 e. The first-order chi connectivity index (χ1) is 9.51. The largest absolute Gasteiger partial charge is 0.468 e. The normalized spacial score (nSPS) is 18.2. The monoisotopic (exact) mass is 295 g/mol. The third kappa shape index (κ3) is 3.17. The molecule has 0 saturated carbocycles. The van der Waals surface area contributed by atoms with E-state index >= 15 is 0 Å². The lowest BCUT2D eigenvalue weighted by Gasteiger charge is -2.15. The summed E-state index contributed by atoms with van der Waals surface area (Å²) in [5.41, 5.74) is 0.775. The van der Waals surface area contributed by atoms with Gasteiger partial charge in [-0.25, -0.2) is 0 Å². The van der Waals surface area contributed by atoms with Crippen molar-refractivity contribution in [2.24, 2.45) is 5.92 Å². The molecule has 0 spiro atoms. The van der Waals surface area contributed by atoms with Crippen LogP contribution in [0.2, 0.25) is 5.02 Å². The zero-order chi connectivity index (χ0) is 14.7. The van der Waals surface area contributed by atoms with E-state index in [4.69, 9.17) is 11.6 Å². The molecule has 6 heteroatoms. The second-order valence-electron chi connectivity index (χ2n) is 4.62. The highest BCUT2D eigenvalue weighted by Gasteiger charge is 2.38. The van der Waals surface area contributed by atoms with Crippen LogP contribution in [0.15, 0.2) is 24.3 Å². The Morgan fingerprint density at radius 2 is 2.20 bits per heavy atom. The third-order valence-electron chi connectivity index (χ3n) is 3.22. The van der Waals surface area contributed by atoms with E-state index in [1.165, 1.54) is 12.0 Å². The van der Waals surface area contributed by atoms with E-state index in [0.717, 1.165) is 5.56 Å². The molecule has 1 heterocycles. The quantitative estimate of drug-likeness (QED) is 0.618. The zero-order valence-corrected chi connectivity index (χ0v) is 11.7. The van der Waals surface area contributed by atoms with E-state index in [9.17, 15) is 14.4 Å². The number of ether oxygens (including phenoxy) is 1. The van der Waals surface area contributed by atoms with Crippen molar-refractivity contribution in [2.75, 3.05) is 20.2 Å². The van der Waals surface area contributed by atoms with Gasteiger partial charge in [0.15, 0.2) is 5.78 Å². The van der Waals surface area contributed by atoms with Crippen molar-refractivity contribution in [3.05, 3.63) is 34.9 Å². The van der Waals surface area contributed by atoms with Gasteiger partial charge in [-0.05, 0) is 17.7 Å². The number of methoxy groups -OCH3 is 1. The Balaban J connectivity index is 2.01. The highest BCUT2D eigenvalue weighted by Crippen LogP contribution is 2.17. The van der Waals surface area contributed by atoms with Crippen LogP contribution in [-0.2, 0) is 25.5 Å². The van der Waals surface area contributed by atoms with E-state index < -0.39 is 11.9 Å². The fraction of sp³-hybridized carbons (Fsp3) is 0.357. The summed E-state index contributed by atoms with van der Waals surface area (Å²) in [4.78, 5) is 36.6. The van der Waals surface area contributed by atoms with E-state index in [-0.39, 0.29) is 31.2 Å². The van der Waals surface area contributed by atoms with Crippen LogP contribution in [-0.4, -0.2) is 42.8 Å². The van der Waals surface area contributed by atoms with Gasteiger partial charge in [-0.15, -0.1) is 0 Å². The lowest BCUT2D eigenvalue weighted by atomic mass is 10.1. The Labute approximate surface area is 121 Å². The first-order valence-electron chi connectivity index (χ1n) is 6.14. The highest BCUT2D eigenvalue weighted by molar-refractivity contribution is 6.30. The molecule has 1 aromatic rings. The topological polar surface area (TPSA) is 63.7 Å². The number of carbonyl (C=O) groups is 3. The van der Waals surface area contributed by atoms with E-state index in [0.29, 0.717) is 5.02 Å². The van der Waals surface area contributed by atoms with Crippen LogP contribution in [0.1, 0.15) is 5.56 Å². The number of rotatable bonds is 3. The number of amides is 1. The number of benzene rings is 1. The summed E-state index contributed by atoms with van der Waals surface area (Å²) >= 11 is 5.85. The minimum atomic E-state index is -0.858. The van der Waals surface area contributed by atoms with Crippen LogP contribution in [0.4, 0.5) is 0 Å². The van der Waals surface area contributed by atoms with Crippen molar-refractivity contribution in [1.82, 2.24) is 4.90 Å². The van der Waals surface area contributed by atoms with Gasteiger partial charge in [0.05, 0.1) is 20.1 Å². The predicted octanol–water partition coefficient (Wildman–Crippen LogP) is 1.08. The van der Waals surface area contributed by atoms with Gasteiger partial charge >= 0.3 is 5.97 Å². The molecule has 0 aliphatic carbocycles. The molecule has 0 radical (unpaired) electrons. The molecule has 1 amide bonds. The van der Waals surface area contributed by atoms with Gasteiger partial charge in [-0.3, -0.25) is 14.4 Å². The molecule has 1 aliphatic rings. The van der Waals surface area contributed by atoms with Gasteiger partial charge in [-0.1, -0.05) is 23.7 Å². The summed E-state index contributed by atoms with van der Waals surface area (Å²) in [6.07, 6.45) is 0.154. The van der Waals surface area contributed by atoms with Gasteiger partial charge in [-0.2, -0.15) is 0 Å². The number of Topliss-reactive ketones (excluding diaryl/α,β-unsaturated/α-hetero) is 1. The second-order valence-corrected chi connectivity index (χ2v) is 5.06. The summed E-state index contributed by atoms with van der Waals surface area (Å²) in [5.74, 6) is -1.93. The summed E-state index contributed by atoms with van der Waals surface area (Å²) in [6.45, 7) is 0.0457. The van der Waals surface area contributed by atoms with Crippen LogP contribution >= 0.6 is 11.6 Å². The fourth-order valence-corrected chi connectivity index (χ4v) is 2.37. The predicted molar refractivity (Wildman–Crippen MR) is 72.2 cm³/mol. The maximum Gasteiger partial charge on any atom is 0.318 e. The molecule has 0 N–H and O–H groups in total. The van der Waals surface area contributed by atoms with Crippen molar-refractivity contribution in [3.8, 4) is 0 Å². The number of ketones is 1. The Bertz CT molecular complexity index is 558. The van der Waals surface area contributed by atoms with Crippen molar-refractivity contribution in [3.63, 3.8) is 0 Å². The smallest absolute Gasteiger partial charge is 0.318 e. The van der Waals surface area contributed by atoms with Crippen molar-refractivity contribution >= 4 is 29.3 Å². The summed E-state index contributed by atoms with van der Waals surface area (Å²) in [7, 11) is 1.23. The maximum absolute atomic E-state index is 12.1. The summed E-state index contributed by atoms with van der Waals surface area (Å²) in [5, 5.41) is 0.556. The maximum atomic E-state index is 12.1. The number of hydrogen-bond acceptors (Lipinski definition) is 4. The molecular formula is C14H14ClNO4. The molecule has 1 saturated heterocycles. The first kappa shape index (κ1) is 14.5. The van der Waals surface area contributed by atoms with Crippen LogP contribution in [0.5, 0.6) is 0 Å². The molecule has 1 atom stereocenters. The Morgan fingerprint density at radius 3 is 2.85 bits per heavy atom. The summed E-state index contributed by atoms with van der Waals surface area (Å²) < 4.78 is 4.55. The van der Waals surface area contributed by atoms with Gasteiger partial charge < -0.3 is 9.64 Å². The van der Waals surface area contributed by atoms with E-state index in [1.807, 2.05) is 0 Å². The Kier molecular flexibility index (Phi) is 4.39. The molecule has 1 fully saturated rings. The van der Waals surface area contributed by atoms with Gasteiger partial charge in [0.2, 0.25) is 5.91 Å². The van der Waals surface area contributed by atoms with Crippen LogP contribution in [0.25, 0.3) is 0 Å². The number of carbonyl (C=O) groups excluding carboxylic acids is 3. The van der Waals surface area contributed by atoms with Crippen molar-refractivity contribution < 1.29 is 19.1 Å². The standard InChI is InChI=1S/C14H14ClNO4/c1-20-14(19)11-7-16(8-12(11)17)13(18)6-9-3-2-4-10(15)5-9/h2-5,11H,6-8H2,1H3. The number of hydrogen-bond donors (Lipinski definition) is 0. The molecule has 106 valence electrons. The average Bonchev–Trinajstić information content (AvgIpc) is 2.80. The number of esters is 1. The fourth-order valence-electron chi connectivity index (χ4n) is 2.16. The average molecular weight is 296 g/mol. The van der Waals surface area contributed by atoms with Gasteiger partial charge in [0.25, 0.3) is 0 Å². The first-order valence-corrected chi connectivity index (χ1v) is 6.52. The molecule has 1 aliphatic heterocycles. The van der Waals surface area contributed by atoms with Gasteiger partial charge in [0.1, 0.15) is 5.92 Å². The molecule has 0 aromatic heterocycles. The van der Waals surface area contributed by atoms with Crippen LogP contribution in [0, 0.1) is 5.92 Å². The molecule has 1 aromatic carbocycles. The number of halogens is 1. The Hall–Kier alpha value is -1.88.